The molecule has 116 valence electrons. The minimum atomic E-state index is -0.662. The van der Waals surface area contributed by atoms with Crippen LogP contribution in [-0.2, 0) is 23.1 Å². The number of aryl methyl sites for hydroxylation is 1. The van der Waals surface area contributed by atoms with Crippen LogP contribution in [0.1, 0.15) is 10.5 Å². The molecule has 2 aromatic rings. The lowest BCUT2D eigenvalue weighted by Gasteiger charge is -2.05. The van der Waals surface area contributed by atoms with E-state index in [1.165, 1.54) is 37.3 Å². The largest absolute Gasteiger partial charge is 0.464 e. The molecule has 0 radical (unpaired) electrons. The first kappa shape index (κ1) is 15.2. The molecule has 1 amide bonds. The van der Waals surface area contributed by atoms with E-state index in [1.54, 1.807) is 0 Å². The number of aromatic nitrogens is 4. The maximum absolute atomic E-state index is 11.9. The molecule has 0 saturated heterocycles. The van der Waals surface area contributed by atoms with Crippen LogP contribution < -0.4 is 5.32 Å². The third-order valence-corrected chi connectivity index (χ3v) is 2.71. The van der Waals surface area contributed by atoms with Crippen LogP contribution >= 0.6 is 0 Å². The Balaban J connectivity index is 2.09. The van der Waals surface area contributed by atoms with E-state index in [0.29, 0.717) is 0 Å². The normalized spacial score (nSPS) is 10.3. The highest BCUT2D eigenvalue weighted by Crippen LogP contribution is 2.15. The molecule has 0 bridgehead atoms. The molecule has 22 heavy (non-hydrogen) atoms. The Morgan fingerprint density at radius 3 is 2.82 bits per heavy atom. The summed E-state index contributed by atoms with van der Waals surface area (Å²) in [7, 11) is 2.74. The van der Waals surface area contributed by atoms with E-state index in [4.69, 9.17) is 0 Å². The standard InChI is InChI=1S/C11H12N6O5/c1-15-10(11(19)22-2)7(5-12-15)13-9(18)6-16-4-3-8(14-16)17(20)21/h3-5H,6H2,1-2H3,(H,13,18). The van der Waals surface area contributed by atoms with Crippen molar-refractivity contribution in [3.8, 4) is 0 Å². The Morgan fingerprint density at radius 1 is 1.50 bits per heavy atom. The lowest BCUT2D eigenvalue weighted by Crippen LogP contribution is -2.21. The van der Waals surface area contributed by atoms with Gasteiger partial charge in [-0.1, -0.05) is 0 Å². The predicted octanol–water partition coefficient (Wildman–Crippen LogP) is -0.0499. The zero-order chi connectivity index (χ0) is 16.3. The zero-order valence-electron chi connectivity index (χ0n) is 11.7. The monoisotopic (exact) mass is 308 g/mol. The number of carbonyl (C=O) groups excluding carboxylic acids is 2. The summed E-state index contributed by atoms with van der Waals surface area (Å²) < 4.78 is 6.98. The molecule has 11 nitrogen and oxygen atoms in total. The number of ether oxygens (including phenoxy) is 1. The summed E-state index contributed by atoms with van der Waals surface area (Å²) in [5, 5.41) is 20.5. The molecule has 0 aliphatic carbocycles. The van der Waals surface area contributed by atoms with Gasteiger partial charge in [0.15, 0.2) is 5.69 Å². The van der Waals surface area contributed by atoms with Crippen LogP contribution in [0.5, 0.6) is 0 Å². The molecule has 0 spiro atoms. The SMILES string of the molecule is COC(=O)c1c(NC(=O)Cn2ccc([N+](=O)[O-])n2)cnn1C. The van der Waals surface area contributed by atoms with Crippen molar-refractivity contribution in [1.29, 1.82) is 0 Å². The first-order valence-corrected chi connectivity index (χ1v) is 6.00. The maximum Gasteiger partial charge on any atom is 0.389 e. The summed E-state index contributed by atoms with van der Waals surface area (Å²) in [4.78, 5) is 33.4. The molecule has 0 aromatic carbocycles. The van der Waals surface area contributed by atoms with Gasteiger partial charge in [0, 0.05) is 7.05 Å². The Bertz CT molecular complexity index is 733. The molecule has 1 N–H and O–H groups in total. The molecule has 11 heteroatoms. The fourth-order valence-corrected chi connectivity index (χ4v) is 1.74. The Labute approximate surface area is 123 Å². The number of rotatable bonds is 5. The molecule has 0 fully saturated rings. The van der Waals surface area contributed by atoms with Gasteiger partial charge in [-0.05, 0) is 4.92 Å². The highest BCUT2D eigenvalue weighted by atomic mass is 16.6. The van der Waals surface area contributed by atoms with Crippen LogP contribution in [0.4, 0.5) is 11.5 Å². The molecule has 0 unspecified atom stereocenters. The van der Waals surface area contributed by atoms with E-state index >= 15 is 0 Å². The van der Waals surface area contributed by atoms with Crippen LogP contribution in [0.3, 0.4) is 0 Å². The number of carbonyl (C=O) groups is 2. The molecule has 0 aliphatic heterocycles. The summed E-state index contributed by atoms with van der Waals surface area (Å²) in [6.07, 6.45) is 2.61. The summed E-state index contributed by atoms with van der Waals surface area (Å²) >= 11 is 0. The molecule has 0 atom stereocenters. The van der Waals surface area contributed by atoms with Crippen molar-refractivity contribution in [1.82, 2.24) is 19.6 Å². The third-order valence-electron chi connectivity index (χ3n) is 2.71. The minimum Gasteiger partial charge on any atom is -0.464 e. The molecular weight excluding hydrogens is 296 g/mol. The summed E-state index contributed by atoms with van der Waals surface area (Å²) in [5.41, 5.74) is 0.267. The van der Waals surface area contributed by atoms with E-state index in [1.807, 2.05) is 0 Å². The van der Waals surface area contributed by atoms with Gasteiger partial charge in [0.2, 0.25) is 5.91 Å². The predicted molar refractivity (Wildman–Crippen MR) is 72.1 cm³/mol. The van der Waals surface area contributed by atoms with Crippen LogP contribution in [0.25, 0.3) is 0 Å². The van der Waals surface area contributed by atoms with Gasteiger partial charge >= 0.3 is 11.8 Å². The van der Waals surface area contributed by atoms with Crippen LogP contribution in [0.2, 0.25) is 0 Å². The smallest absolute Gasteiger partial charge is 0.389 e. The number of nitro groups is 1. The fraction of sp³-hybridized carbons (Fsp3) is 0.273. The quantitative estimate of drug-likeness (QED) is 0.465. The second kappa shape index (κ2) is 6.03. The molecule has 0 saturated carbocycles. The number of hydrogen-bond donors (Lipinski definition) is 1. The molecule has 2 heterocycles. The van der Waals surface area contributed by atoms with Crippen molar-refractivity contribution in [2.45, 2.75) is 6.54 Å². The lowest BCUT2D eigenvalue weighted by molar-refractivity contribution is -0.389. The Morgan fingerprint density at radius 2 is 2.23 bits per heavy atom. The molecule has 0 aliphatic rings. The van der Waals surface area contributed by atoms with Gasteiger partial charge in [0.1, 0.15) is 6.54 Å². The molecule has 2 aromatic heterocycles. The Hall–Kier alpha value is -3.24. The van der Waals surface area contributed by atoms with Gasteiger partial charge in [-0.2, -0.15) is 9.78 Å². The minimum absolute atomic E-state index is 0.0855. The van der Waals surface area contributed by atoms with Crippen molar-refractivity contribution in [3.63, 3.8) is 0 Å². The number of hydrogen-bond acceptors (Lipinski definition) is 7. The van der Waals surface area contributed by atoms with E-state index < -0.39 is 16.8 Å². The first-order valence-electron chi connectivity index (χ1n) is 6.00. The van der Waals surface area contributed by atoms with E-state index in [2.05, 4.69) is 20.3 Å². The fourth-order valence-electron chi connectivity index (χ4n) is 1.74. The molecule has 2 rings (SSSR count). The lowest BCUT2D eigenvalue weighted by atomic mass is 10.3. The summed E-state index contributed by atoms with van der Waals surface area (Å²) in [6.45, 7) is -0.247. The van der Waals surface area contributed by atoms with Gasteiger partial charge < -0.3 is 20.2 Å². The highest BCUT2D eigenvalue weighted by molar-refractivity contribution is 5.99. The first-order chi connectivity index (χ1) is 10.4. The molecular formula is C11H12N6O5. The van der Waals surface area contributed by atoms with E-state index in [9.17, 15) is 19.7 Å². The second-order valence-electron chi connectivity index (χ2n) is 4.20. The van der Waals surface area contributed by atoms with E-state index in [0.717, 1.165) is 4.68 Å². The van der Waals surface area contributed by atoms with Crippen molar-refractivity contribution in [3.05, 3.63) is 34.3 Å². The van der Waals surface area contributed by atoms with Crippen LogP contribution in [0.15, 0.2) is 18.5 Å². The number of amides is 1. The zero-order valence-corrected chi connectivity index (χ0v) is 11.7. The number of anilines is 1. The van der Waals surface area contributed by atoms with Crippen molar-refractivity contribution in [2.75, 3.05) is 12.4 Å². The maximum atomic E-state index is 11.9. The number of nitrogens with zero attached hydrogens (tertiary/aromatic N) is 5. The topological polar surface area (TPSA) is 134 Å². The van der Waals surface area contributed by atoms with Gasteiger partial charge in [0.05, 0.1) is 36.4 Å². The van der Waals surface area contributed by atoms with Crippen molar-refractivity contribution in [2.24, 2.45) is 7.05 Å². The van der Waals surface area contributed by atoms with Gasteiger partial charge in [-0.15, -0.1) is 0 Å². The highest BCUT2D eigenvalue weighted by Gasteiger charge is 2.20. The van der Waals surface area contributed by atoms with Crippen LogP contribution in [-0.4, -0.2) is 43.5 Å². The van der Waals surface area contributed by atoms with E-state index in [-0.39, 0.29) is 23.7 Å². The summed E-state index contributed by atoms with van der Waals surface area (Å²) in [5.74, 6) is -1.52. The Kier molecular flexibility index (Phi) is 4.15. The van der Waals surface area contributed by atoms with Gasteiger partial charge in [0.25, 0.3) is 0 Å². The average molecular weight is 308 g/mol. The number of esters is 1. The second-order valence-corrected chi connectivity index (χ2v) is 4.20. The third kappa shape index (κ3) is 3.08. The average Bonchev–Trinajstić information content (AvgIpc) is 3.05. The van der Waals surface area contributed by atoms with Crippen LogP contribution in [0, 0.1) is 10.1 Å². The number of methoxy groups -OCH3 is 1. The van der Waals surface area contributed by atoms with Gasteiger partial charge in [-0.25, -0.2) is 4.79 Å². The van der Waals surface area contributed by atoms with Gasteiger partial charge in [-0.3, -0.25) is 9.48 Å². The number of nitrogens with one attached hydrogen (secondary N) is 1. The van der Waals surface area contributed by atoms with Crippen molar-refractivity contribution >= 4 is 23.4 Å². The van der Waals surface area contributed by atoms with Crippen molar-refractivity contribution < 1.29 is 19.2 Å². The summed E-state index contributed by atoms with van der Waals surface area (Å²) in [6, 6.07) is 1.18.